The van der Waals surface area contributed by atoms with Crippen molar-refractivity contribution in [3.05, 3.63) is 59.9 Å². The normalized spacial score (nSPS) is 14.4. The molecule has 1 aliphatic rings. The molecule has 1 atom stereocenters. The van der Waals surface area contributed by atoms with Crippen molar-refractivity contribution in [3.63, 3.8) is 0 Å². The molecule has 1 unspecified atom stereocenters. The molecule has 166 valence electrons. The van der Waals surface area contributed by atoms with Crippen LogP contribution in [0.25, 0.3) is 22.2 Å². The molecule has 1 saturated carbocycles. The number of aliphatic hydroxyl groups excluding tert-OH is 1. The lowest BCUT2D eigenvalue weighted by molar-refractivity contribution is 0.0492. The summed E-state index contributed by atoms with van der Waals surface area (Å²) in [5.41, 5.74) is 1.58. The second-order valence-electron chi connectivity index (χ2n) is 7.44. The highest BCUT2D eigenvalue weighted by atomic mass is 19.1. The maximum absolute atomic E-state index is 13.5. The maximum Gasteiger partial charge on any atom is 0.407 e. The first kappa shape index (κ1) is 22.7. The number of amides is 1. The molecule has 8 heteroatoms. The van der Waals surface area contributed by atoms with E-state index in [1.54, 1.807) is 18.2 Å². The molecule has 5 nitrogen and oxygen atoms in total. The molecule has 1 amide bonds. The van der Waals surface area contributed by atoms with E-state index in [4.69, 9.17) is 9.84 Å². The third kappa shape index (κ3) is 6.24. The first-order chi connectivity index (χ1) is 14.9. The summed E-state index contributed by atoms with van der Waals surface area (Å²) in [7, 11) is 0. The van der Waals surface area contributed by atoms with Crippen molar-refractivity contribution in [2.24, 2.45) is 0 Å². The van der Waals surface area contributed by atoms with Crippen LogP contribution in [0.2, 0.25) is 0 Å². The van der Waals surface area contributed by atoms with Crippen molar-refractivity contribution in [1.29, 1.82) is 0 Å². The van der Waals surface area contributed by atoms with Crippen molar-refractivity contribution < 1.29 is 27.8 Å². The van der Waals surface area contributed by atoms with Gasteiger partial charge < -0.3 is 20.1 Å². The van der Waals surface area contributed by atoms with Crippen LogP contribution in [-0.4, -0.2) is 34.9 Å². The van der Waals surface area contributed by atoms with Crippen molar-refractivity contribution in [3.8, 4) is 11.3 Å². The number of rotatable bonds is 5. The van der Waals surface area contributed by atoms with Crippen LogP contribution in [0.1, 0.15) is 32.6 Å². The van der Waals surface area contributed by atoms with Gasteiger partial charge in [-0.3, -0.25) is 0 Å². The maximum atomic E-state index is 13.5. The minimum absolute atomic E-state index is 0.110. The molecular formula is C23H25F3N2O3. The molecule has 0 saturated heterocycles. The monoisotopic (exact) mass is 434 g/mol. The van der Waals surface area contributed by atoms with E-state index < -0.39 is 23.8 Å². The van der Waals surface area contributed by atoms with Crippen LogP contribution in [0.15, 0.2) is 42.5 Å². The number of aliphatic hydroxyl groups is 1. The summed E-state index contributed by atoms with van der Waals surface area (Å²) >= 11 is 0. The Bertz CT molecular complexity index is 1020. The summed E-state index contributed by atoms with van der Waals surface area (Å²) < 4.78 is 44.4. The Hall–Kier alpha value is -3.00. The standard InChI is InChI=1S/C14H8F3N.C9H17NO3/c15-10-3-1-8(2-4-10)13-6-9-5-11(16)7-12(17)14(9)18-13;1-2-7(11)6-10-9(12)13-8-4-3-5-8/h1-7,18H;7-8,11H,2-6H2,1H3,(H,10,12). The second kappa shape index (κ2) is 10.3. The molecule has 1 aromatic heterocycles. The lowest BCUT2D eigenvalue weighted by Gasteiger charge is -2.25. The SMILES string of the molecule is CCC(O)CNC(=O)OC1CCC1.Fc1ccc(-c2cc3cc(F)cc(F)c3[nH]2)cc1. The summed E-state index contributed by atoms with van der Waals surface area (Å²) in [4.78, 5) is 13.9. The lowest BCUT2D eigenvalue weighted by atomic mass is 9.96. The molecule has 0 bridgehead atoms. The van der Waals surface area contributed by atoms with Crippen LogP contribution >= 0.6 is 0 Å². The molecule has 0 aliphatic heterocycles. The number of carbonyl (C=O) groups is 1. The fourth-order valence-corrected chi connectivity index (χ4v) is 2.98. The molecule has 2 aromatic carbocycles. The van der Waals surface area contributed by atoms with Gasteiger partial charge in [0.1, 0.15) is 23.6 Å². The average Bonchev–Trinajstić information content (AvgIpc) is 3.14. The molecule has 0 radical (unpaired) electrons. The van der Waals surface area contributed by atoms with E-state index in [0.717, 1.165) is 25.3 Å². The molecular weight excluding hydrogens is 409 g/mol. The molecule has 3 N–H and O–H groups in total. The predicted molar refractivity (Wildman–Crippen MR) is 112 cm³/mol. The summed E-state index contributed by atoms with van der Waals surface area (Å²) in [6.45, 7) is 2.14. The number of H-pyrrole nitrogens is 1. The summed E-state index contributed by atoms with van der Waals surface area (Å²) in [6, 6.07) is 9.50. The molecule has 1 fully saturated rings. The number of fused-ring (bicyclic) bond motifs is 1. The third-order valence-corrected chi connectivity index (χ3v) is 5.08. The van der Waals surface area contributed by atoms with Crippen LogP contribution in [0.4, 0.5) is 18.0 Å². The molecule has 1 heterocycles. The molecule has 31 heavy (non-hydrogen) atoms. The van der Waals surface area contributed by atoms with Gasteiger partial charge in [-0.05, 0) is 67.6 Å². The van der Waals surface area contributed by atoms with Crippen LogP contribution in [0, 0.1) is 17.5 Å². The van der Waals surface area contributed by atoms with E-state index in [0.29, 0.717) is 23.1 Å². The lowest BCUT2D eigenvalue weighted by Crippen LogP contribution is -2.36. The summed E-state index contributed by atoms with van der Waals surface area (Å²) in [5.74, 6) is -1.60. The summed E-state index contributed by atoms with van der Waals surface area (Å²) in [5, 5.41) is 12.1. The minimum atomic E-state index is -0.640. The summed E-state index contributed by atoms with van der Waals surface area (Å²) in [6.07, 6.45) is 2.98. The molecule has 4 rings (SSSR count). The number of benzene rings is 2. The van der Waals surface area contributed by atoms with Gasteiger partial charge in [-0.1, -0.05) is 6.92 Å². The number of hydrogen-bond acceptors (Lipinski definition) is 3. The topological polar surface area (TPSA) is 74.3 Å². The van der Waals surface area contributed by atoms with Gasteiger partial charge in [-0.2, -0.15) is 0 Å². The van der Waals surface area contributed by atoms with Crippen LogP contribution < -0.4 is 5.32 Å². The van der Waals surface area contributed by atoms with Gasteiger partial charge in [0.2, 0.25) is 0 Å². The van der Waals surface area contributed by atoms with Crippen molar-refractivity contribution in [2.75, 3.05) is 6.54 Å². The van der Waals surface area contributed by atoms with Gasteiger partial charge >= 0.3 is 6.09 Å². The largest absolute Gasteiger partial charge is 0.446 e. The van der Waals surface area contributed by atoms with Crippen LogP contribution in [0.3, 0.4) is 0 Å². The Morgan fingerprint density at radius 3 is 2.48 bits per heavy atom. The second-order valence-corrected chi connectivity index (χ2v) is 7.44. The van der Waals surface area contributed by atoms with Gasteiger partial charge in [-0.15, -0.1) is 0 Å². The fourth-order valence-electron chi connectivity index (χ4n) is 2.98. The van der Waals surface area contributed by atoms with Crippen molar-refractivity contribution in [1.82, 2.24) is 10.3 Å². The van der Waals surface area contributed by atoms with E-state index in [1.807, 2.05) is 6.92 Å². The van der Waals surface area contributed by atoms with Gasteiger partial charge in [0, 0.05) is 23.7 Å². The average molecular weight is 434 g/mol. The molecule has 0 spiro atoms. The van der Waals surface area contributed by atoms with Gasteiger partial charge in [-0.25, -0.2) is 18.0 Å². The third-order valence-electron chi connectivity index (χ3n) is 5.08. The number of nitrogens with one attached hydrogen (secondary N) is 2. The van der Waals surface area contributed by atoms with Crippen LogP contribution in [0.5, 0.6) is 0 Å². The Labute approximate surface area is 178 Å². The Morgan fingerprint density at radius 2 is 1.87 bits per heavy atom. The quantitative estimate of drug-likeness (QED) is 0.511. The Kier molecular flexibility index (Phi) is 7.57. The van der Waals surface area contributed by atoms with Gasteiger partial charge in [0.05, 0.1) is 11.6 Å². The number of ether oxygens (including phenoxy) is 1. The number of halogens is 3. The van der Waals surface area contributed by atoms with Gasteiger partial charge in [0.25, 0.3) is 0 Å². The zero-order valence-corrected chi connectivity index (χ0v) is 17.1. The molecule has 1 aliphatic carbocycles. The first-order valence-electron chi connectivity index (χ1n) is 10.2. The minimum Gasteiger partial charge on any atom is -0.446 e. The van der Waals surface area contributed by atoms with E-state index >= 15 is 0 Å². The van der Waals surface area contributed by atoms with Crippen LogP contribution in [-0.2, 0) is 4.74 Å². The van der Waals surface area contributed by atoms with E-state index in [9.17, 15) is 18.0 Å². The highest BCUT2D eigenvalue weighted by molar-refractivity contribution is 5.86. The smallest absolute Gasteiger partial charge is 0.407 e. The van der Waals surface area contributed by atoms with Crippen molar-refractivity contribution >= 4 is 17.0 Å². The number of hydrogen-bond donors (Lipinski definition) is 3. The van der Waals surface area contributed by atoms with Crippen molar-refractivity contribution in [2.45, 2.75) is 44.8 Å². The zero-order chi connectivity index (χ0) is 22.4. The van der Waals surface area contributed by atoms with E-state index in [1.165, 1.54) is 18.2 Å². The number of alkyl carbamates (subject to hydrolysis) is 1. The Balaban J connectivity index is 0.000000187. The highest BCUT2D eigenvalue weighted by Gasteiger charge is 2.21. The van der Waals surface area contributed by atoms with E-state index in [-0.39, 0.29) is 24.0 Å². The van der Waals surface area contributed by atoms with Gasteiger partial charge in [0.15, 0.2) is 0 Å². The first-order valence-corrected chi connectivity index (χ1v) is 10.2. The van der Waals surface area contributed by atoms with E-state index in [2.05, 4.69) is 10.3 Å². The predicted octanol–water partition coefficient (Wildman–Crippen LogP) is 5.29. The Morgan fingerprint density at radius 1 is 1.16 bits per heavy atom. The number of carbonyl (C=O) groups excluding carboxylic acids is 1. The number of aromatic nitrogens is 1. The zero-order valence-electron chi connectivity index (χ0n) is 17.1. The highest BCUT2D eigenvalue weighted by Crippen LogP contribution is 2.26. The fraction of sp³-hybridized carbons (Fsp3) is 0.348. The molecule has 3 aromatic rings. The number of aromatic amines is 1.